The minimum Gasteiger partial charge on any atom is -0.383 e. The zero-order valence-corrected chi connectivity index (χ0v) is 16.7. The van der Waals surface area contributed by atoms with Gasteiger partial charge < -0.3 is 16.0 Å². The lowest BCUT2D eigenvalue weighted by Gasteiger charge is -2.38. The van der Waals surface area contributed by atoms with Crippen LogP contribution < -0.4 is 11.1 Å². The molecule has 9 heteroatoms. The Balaban J connectivity index is 1.84. The van der Waals surface area contributed by atoms with E-state index >= 15 is 0 Å². The quantitative estimate of drug-likeness (QED) is 0.721. The minimum atomic E-state index is -4.48. The summed E-state index contributed by atoms with van der Waals surface area (Å²) in [5.74, 6) is -1.22. The number of halogens is 3. The smallest absolute Gasteiger partial charge is 0.383 e. The molecule has 3 N–H and O–H groups in total. The van der Waals surface area contributed by atoms with Gasteiger partial charge in [0, 0.05) is 6.54 Å². The predicted molar refractivity (Wildman–Crippen MR) is 106 cm³/mol. The molecule has 1 aliphatic heterocycles. The molecule has 2 unspecified atom stereocenters. The van der Waals surface area contributed by atoms with E-state index < -0.39 is 29.6 Å². The first kappa shape index (κ1) is 21.6. The maximum atomic E-state index is 13.1. The van der Waals surface area contributed by atoms with Gasteiger partial charge in [-0.15, -0.1) is 0 Å². The number of nitrogens with two attached hydrogens (primary N) is 1. The van der Waals surface area contributed by atoms with Crippen LogP contribution in [0.3, 0.4) is 0 Å². The van der Waals surface area contributed by atoms with Gasteiger partial charge in [0.05, 0.1) is 23.5 Å². The molecule has 1 saturated heterocycles. The molecule has 0 bridgehead atoms. The SMILES string of the molecule is Cc1cc(NC(=O)C(=O)N2CC(C)CCC2c2cccc(C(F)(F)F)c2)cnc1N. The number of rotatable bonds is 2. The summed E-state index contributed by atoms with van der Waals surface area (Å²) in [6.45, 7) is 3.94. The molecule has 6 nitrogen and oxygen atoms in total. The summed E-state index contributed by atoms with van der Waals surface area (Å²) in [5.41, 5.74) is 6.21. The Morgan fingerprint density at radius 1 is 1.23 bits per heavy atom. The van der Waals surface area contributed by atoms with E-state index in [1.807, 2.05) is 6.92 Å². The summed E-state index contributed by atoms with van der Waals surface area (Å²) in [7, 11) is 0. The Bertz CT molecular complexity index is 962. The average Bonchev–Trinajstić information content (AvgIpc) is 2.69. The van der Waals surface area contributed by atoms with Gasteiger partial charge in [0.15, 0.2) is 0 Å². The van der Waals surface area contributed by atoms with Gasteiger partial charge in [-0.3, -0.25) is 9.59 Å². The molecule has 1 aromatic carbocycles. The van der Waals surface area contributed by atoms with Crippen molar-refractivity contribution in [2.75, 3.05) is 17.6 Å². The van der Waals surface area contributed by atoms with Crippen LogP contribution in [0.15, 0.2) is 36.5 Å². The van der Waals surface area contributed by atoms with Crippen molar-refractivity contribution in [2.45, 2.75) is 38.9 Å². The van der Waals surface area contributed by atoms with Crippen LogP contribution in [0.5, 0.6) is 0 Å². The fourth-order valence-corrected chi connectivity index (χ4v) is 3.61. The molecule has 0 aliphatic carbocycles. The zero-order chi connectivity index (χ0) is 22.1. The maximum absolute atomic E-state index is 13.1. The topological polar surface area (TPSA) is 88.3 Å². The van der Waals surface area contributed by atoms with Crippen LogP contribution in [0.4, 0.5) is 24.7 Å². The van der Waals surface area contributed by atoms with Crippen molar-refractivity contribution in [1.29, 1.82) is 0 Å². The molecule has 3 rings (SSSR count). The fourth-order valence-electron chi connectivity index (χ4n) is 3.61. The van der Waals surface area contributed by atoms with Crippen molar-refractivity contribution in [1.82, 2.24) is 9.88 Å². The van der Waals surface area contributed by atoms with Gasteiger partial charge in [0.1, 0.15) is 5.82 Å². The number of nitrogens with one attached hydrogen (secondary N) is 1. The summed E-state index contributed by atoms with van der Waals surface area (Å²) in [6, 6.07) is 5.91. The first-order valence-electron chi connectivity index (χ1n) is 9.57. The number of nitrogens with zero attached hydrogens (tertiary/aromatic N) is 2. The van der Waals surface area contributed by atoms with Crippen molar-refractivity contribution in [3.63, 3.8) is 0 Å². The van der Waals surface area contributed by atoms with Crippen LogP contribution in [0.1, 0.15) is 42.5 Å². The normalized spacial score (nSPS) is 19.4. The lowest BCUT2D eigenvalue weighted by molar-refractivity contribution is -0.146. The highest BCUT2D eigenvalue weighted by Gasteiger charge is 2.36. The Hall–Kier alpha value is -3.10. The molecule has 2 heterocycles. The number of anilines is 2. The summed E-state index contributed by atoms with van der Waals surface area (Å²) in [6.07, 6.45) is -1.92. The number of pyridine rings is 1. The number of aryl methyl sites for hydroxylation is 1. The maximum Gasteiger partial charge on any atom is 0.416 e. The third-order valence-electron chi connectivity index (χ3n) is 5.25. The molecule has 2 aromatic rings. The predicted octanol–water partition coefficient (Wildman–Crippen LogP) is 3.93. The first-order chi connectivity index (χ1) is 14.1. The van der Waals surface area contributed by atoms with Crippen LogP contribution in [0.25, 0.3) is 0 Å². The Labute approximate surface area is 172 Å². The molecule has 0 saturated carbocycles. The second kappa shape index (κ2) is 8.33. The molecule has 2 amide bonds. The molecule has 160 valence electrons. The summed E-state index contributed by atoms with van der Waals surface area (Å²) < 4.78 is 39.4. The number of likely N-dealkylation sites (tertiary alicyclic amines) is 1. The monoisotopic (exact) mass is 420 g/mol. The van der Waals surface area contributed by atoms with E-state index in [1.54, 1.807) is 19.1 Å². The fraction of sp³-hybridized carbons (Fsp3) is 0.381. The number of carbonyl (C=O) groups is 2. The number of carbonyl (C=O) groups excluding carboxylic acids is 2. The molecule has 0 spiro atoms. The first-order valence-corrected chi connectivity index (χ1v) is 9.57. The van der Waals surface area contributed by atoms with Gasteiger partial charge >= 0.3 is 18.0 Å². The zero-order valence-electron chi connectivity index (χ0n) is 16.7. The van der Waals surface area contributed by atoms with Gasteiger partial charge in [-0.1, -0.05) is 19.1 Å². The molecular weight excluding hydrogens is 397 g/mol. The Morgan fingerprint density at radius 2 is 1.97 bits per heavy atom. The summed E-state index contributed by atoms with van der Waals surface area (Å²) in [4.78, 5) is 30.8. The number of nitrogen functional groups attached to an aromatic ring is 1. The van der Waals surface area contributed by atoms with Gasteiger partial charge in [0.2, 0.25) is 0 Å². The molecule has 30 heavy (non-hydrogen) atoms. The number of amides is 2. The van der Waals surface area contributed by atoms with Crippen LogP contribution in [-0.4, -0.2) is 28.2 Å². The number of piperidine rings is 1. The van der Waals surface area contributed by atoms with Gasteiger partial charge in [-0.25, -0.2) is 4.98 Å². The molecule has 1 aromatic heterocycles. The standard InChI is InChI=1S/C21H23F3N4O2/c1-12-6-7-17(14-4-3-5-15(9-14)21(22,23)24)28(11-12)20(30)19(29)27-16-8-13(2)18(25)26-10-16/h3-5,8-10,12,17H,6-7,11H2,1-2H3,(H2,25,26)(H,27,29). The van der Waals surface area contributed by atoms with Crippen molar-refractivity contribution in [3.8, 4) is 0 Å². The number of aromatic nitrogens is 1. The number of hydrogen-bond acceptors (Lipinski definition) is 4. The second-order valence-corrected chi connectivity index (χ2v) is 7.66. The van der Waals surface area contributed by atoms with Crippen LogP contribution in [0, 0.1) is 12.8 Å². The third kappa shape index (κ3) is 4.72. The van der Waals surface area contributed by atoms with Crippen LogP contribution >= 0.6 is 0 Å². The average molecular weight is 420 g/mol. The largest absolute Gasteiger partial charge is 0.416 e. The lowest BCUT2D eigenvalue weighted by atomic mass is 9.89. The van der Waals surface area contributed by atoms with E-state index in [1.165, 1.54) is 17.2 Å². The van der Waals surface area contributed by atoms with E-state index in [9.17, 15) is 22.8 Å². The number of alkyl halides is 3. The van der Waals surface area contributed by atoms with Crippen molar-refractivity contribution >= 4 is 23.3 Å². The molecule has 1 aliphatic rings. The lowest BCUT2D eigenvalue weighted by Crippen LogP contribution is -2.46. The highest BCUT2D eigenvalue weighted by molar-refractivity contribution is 6.39. The van der Waals surface area contributed by atoms with Gasteiger partial charge in [0.25, 0.3) is 0 Å². The van der Waals surface area contributed by atoms with Crippen LogP contribution in [0.2, 0.25) is 0 Å². The van der Waals surface area contributed by atoms with E-state index in [-0.39, 0.29) is 12.5 Å². The van der Waals surface area contributed by atoms with E-state index in [4.69, 9.17) is 5.73 Å². The number of benzene rings is 1. The molecule has 2 atom stereocenters. The van der Waals surface area contributed by atoms with Crippen molar-refractivity contribution in [2.24, 2.45) is 5.92 Å². The van der Waals surface area contributed by atoms with E-state index in [0.29, 0.717) is 29.1 Å². The van der Waals surface area contributed by atoms with Gasteiger partial charge in [-0.2, -0.15) is 13.2 Å². The third-order valence-corrected chi connectivity index (χ3v) is 5.25. The highest BCUT2D eigenvalue weighted by Crippen LogP contribution is 2.36. The highest BCUT2D eigenvalue weighted by atomic mass is 19.4. The summed E-state index contributed by atoms with van der Waals surface area (Å²) >= 11 is 0. The summed E-state index contributed by atoms with van der Waals surface area (Å²) in [5, 5.41) is 2.50. The molecule has 0 radical (unpaired) electrons. The van der Waals surface area contributed by atoms with Gasteiger partial charge in [-0.05, 0) is 55.0 Å². The molecular formula is C21H23F3N4O2. The number of hydrogen-bond donors (Lipinski definition) is 2. The van der Waals surface area contributed by atoms with Crippen molar-refractivity contribution in [3.05, 3.63) is 53.2 Å². The Morgan fingerprint density at radius 3 is 2.63 bits per heavy atom. The van der Waals surface area contributed by atoms with E-state index in [0.717, 1.165) is 18.6 Å². The minimum absolute atomic E-state index is 0.129. The van der Waals surface area contributed by atoms with Crippen LogP contribution in [-0.2, 0) is 15.8 Å². The van der Waals surface area contributed by atoms with Crippen molar-refractivity contribution < 1.29 is 22.8 Å². The molecule has 1 fully saturated rings. The second-order valence-electron chi connectivity index (χ2n) is 7.66. The van der Waals surface area contributed by atoms with E-state index in [2.05, 4.69) is 10.3 Å². The Kier molecular flexibility index (Phi) is 6.00.